The van der Waals surface area contributed by atoms with Crippen LogP contribution in [0.15, 0.2) is 18.3 Å². The van der Waals surface area contributed by atoms with Crippen LogP contribution in [-0.4, -0.2) is 31.1 Å². The van der Waals surface area contributed by atoms with Crippen LogP contribution >= 0.6 is 0 Å². The Hall–Kier alpha value is -1.56. The lowest BCUT2D eigenvalue weighted by atomic mass is 10.2. The molecule has 1 heterocycles. The predicted molar refractivity (Wildman–Crippen MR) is 51.2 cm³/mol. The summed E-state index contributed by atoms with van der Waals surface area (Å²) in [5.41, 5.74) is 0.786. The van der Waals surface area contributed by atoms with Crippen LogP contribution in [0.25, 0.3) is 0 Å². The third kappa shape index (κ3) is 3.90. The van der Waals surface area contributed by atoms with E-state index in [1.54, 1.807) is 0 Å². The Bertz CT molecular complexity index is 340. The van der Waals surface area contributed by atoms with Crippen LogP contribution in [-0.2, 0) is 16.1 Å². The monoisotopic (exact) mass is 231 g/mol. The molecule has 0 saturated carbocycles. The molecule has 6 heteroatoms. The fraction of sp³-hybridized carbons (Fsp3) is 0.400. The second-order valence-corrected chi connectivity index (χ2v) is 2.94. The van der Waals surface area contributed by atoms with Crippen molar-refractivity contribution in [2.45, 2.75) is 13.0 Å². The Morgan fingerprint density at radius 1 is 1.50 bits per heavy atom. The molecular formula is C10H11F2NO3. The summed E-state index contributed by atoms with van der Waals surface area (Å²) in [6.07, 6.45) is -1.18. The van der Waals surface area contributed by atoms with Crippen LogP contribution in [0.4, 0.5) is 8.78 Å². The second kappa shape index (κ2) is 6.12. The number of pyridine rings is 1. The molecule has 0 N–H and O–H groups in total. The zero-order valence-corrected chi connectivity index (χ0v) is 8.65. The van der Waals surface area contributed by atoms with Crippen molar-refractivity contribution in [2.24, 2.45) is 0 Å². The molecule has 0 atom stereocenters. The van der Waals surface area contributed by atoms with E-state index in [2.05, 4.69) is 14.5 Å². The number of aromatic nitrogens is 1. The molecule has 0 aliphatic heterocycles. The fourth-order valence-electron chi connectivity index (χ4n) is 1.00. The van der Waals surface area contributed by atoms with Gasteiger partial charge in [0.25, 0.3) is 6.43 Å². The Balaban J connectivity index is 2.48. The van der Waals surface area contributed by atoms with Gasteiger partial charge in [0.05, 0.1) is 25.0 Å². The first kappa shape index (κ1) is 12.5. The van der Waals surface area contributed by atoms with Gasteiger partial charge in [0.15, 0.2) is 0 Å². The van der Waals surface area contributed by atoms with E-state index in [9.17, 15) is 13.6 Å². The Kier molecular flexibility index (Phi) is 4.78. The minimum absolute atomic E-state index is 0.00814. The first-order valence-corrected chi connectivity index (χ1v) is 4.52. The van der Waals surface area contributed by atoms with Gasteiger partial charge in [-0.1, -0.05) is 0 Å². The molecule has 88 valence electrons. The zero-order valence-electron chi connectivity index (χ0n) is 8.65. The highest BCUT2D eigenvalue weighted by atomic mass is 19.3. The van der Waals surface area contributed by atoms with E-state index < -0.39 is 19.0 Å². The van der Waals surface area contributed by atoms with Crippen LogP contribution in [0.1, 0.15) is 16.1 Å². The number of methoxy groups -OCH3 is 1. The van der Waals surface area contributed by atoms with Crippen molar-refractivity contribution in [1.29, 1.82) is 0 Å². The normalized spacial score (nSPS) is 10.5. The third-order valence-corrected chi connectivity index (χ3v) is 1.74. The molecule has 0 amide bonds. The SMILES string of the molecule is COC(=O)c1ccc(COCC(F)F)nc1. The van der Waals surface area contributed by atoms with Crippen molar-refractivity contribution in [2.75, 3.05) is 13.7 Å². The molecular weight excluding hydrogens is 220 g/mol. The molecule has 0 aromatic carbocycles. The number of rotatable bonds is 5. The average Bonchev–Trinajstić information content (AvgIpc) is 2.28. The first-order chi connectivity index (χ1) is 7.63. The van der Waals surface area contributed by atoms with Crippen LogP contribution in [0, 0.1) is 0 Å². The molecule has 1 aromatic heterocycles. The summed E-state index contributed by atoms with van der Waals surface area (Å²) < 4.78 is 32.7. The smallest absolute Gasteiger partial charge is 0.339 e. The summed E-state index contributed by atoms with van der Waals surface area (Å²) in [4.78, 5) is 14.9. The molecule has 4 nitrogen and oxygen atoms in total. The van der Waals surface area contributed by atoms with Gasteiger partial charge in [-0.25, -0.2) is 13.6 Å². The van der Waals surface area contributed by atoms with Gasteiger partial charge in [0, 0.05) is 6.20 Å². The van der Waals surface area contributed by atoms with E-state index >= 15 is 0 Å². The van der Waals surface area contributed by atoms with Crippen molar-refractivity contribution in [3.63, 3.8) is 0 Å². The van der Waals surface area contributed by atoms with Crippen LogP contribution in [0.2, 0.25) is 0 Å². The maximum absolute atomic E-state index is 11.7. The van der Waals surface area contributed by atoms with Crippen molar-refractivity contribution in [3.05, 3.63) is 29.6 Å². The number of carbonyl (C=O) groups is 1. The number of hydrogen-bond acceptors (Lipinski definition) is 4. The quantitative estimate of drug-likeness (QED) is 0.723. The maximum Gasteiger partial charge on any atom is 0.339 e. The van der Waals surface area contributed by atoms with Gasteiger partial charge in [-0.05, 0) is 12.1 Å². The van der Waals surface area contributed by atoms with Gasteiger partial charge in [0.2, 0.25) is 0 Å². The van der Waals surface area contributed by atoms with Crippen molar-refractivity contribution >= 4 is 5.97 Å². The van der Waals surface area contributed by atoms with E-state index in [4.69, 9.17) is 0 Å². The number of halogens is 2. The largest absolute Gasteiger partial charge is 0.465 e. The molecule has 0 unspecified atom stereocenters. The first-order valence-electron chi connectivity index (χ1n) is 4.52. The number of ether oxygens (including phenoxy) is 2. The summed E-state index contributed by atoms with van der Waals surface area (Å²) in [5.74, 6) is -0.493. The van der Waals surface area contributed by atoms with Gasteiger partial charge >= 0.3 is 5.97 Å². The Morgan fingerprint density at radius 2 is 2.25 bits per heavy atom. The van der Waals surface area contributed by atoms with Gasteiger partial charge in [0.1, 0.15) is 6.61 Å². The topological polar surface area (TPSA) is 48.4 Å². The van der Waals surface area contributed by atoms with E-state index in [1.165, 1.54) is 25.4 Å². The summed E-state index contributed by atoms with van der Waals surface area (Å²) >= 11 is 0. The van der Waals surface area contributed by atoms with Gasteiger partial charge in [-0.15, -0.1) is 0 Å². The van der Waals surface area contributed by atoms with Gasteiger partial charge < -0.3 is 9.47 Å². The van der Waals surface area contributed by atoms with Gasteiger partial charge in [-0.2, -0.15) is 0 Å². The number of hydrogen-bond donors (Lipinski definition) is 0. The molecule has 0 radical (unpaired) electrons. The minimum atomic E-state index is -2.49. The number of carbonyl (C=O) groups excluding carboxylic acids is 1. The fourth-order valence-corrected chi connectivity index (χ4v) is 1.00. The Labute approximate surface area is 91.2 Å². The van der Waals surface area contributed by atoms with Gasteiger partial charge in [-0.3, -0.25) is 4.98 Å². The molecule has 16 heavy (non-hydrogen) atoms. The maximum atomic E-state index is 11.7. The van der Waals surface area contributed by atoms with E-state index in [-0.39, 0.29) is 6.61 Å². The van der Waals surface area contributed by atoms with Crippen LogP contribution in [0.5, 0.6) is 0 Å². The summed E-state index contributed by atoms with van der Waals surface area (Å²) in [5, 5.41) is 0. The second-order valence-electron chi connectivity index (χ2n) is 2.94. The molecule has 0 aliphatic carbocycles. The predicted octanol–water partition coefficient (Wildman–Crippen LogP) is 1.65. The Morgan fingerprint density at radius 3 is 2.75 bits per heavy atom. The van der Waals surface area contributed by atoms with Crippen LogP contribution in [0.3, 0.4) is 0 Å². The number of esters is 1. The van der Waals surface area contributed by atoms with Crippen molar-refractivity contribution < 1.29 is 23.0 Å². The van der Waals surface area contributed by atoms with Crippen molar-refractivity contribution in [3.8, 4) is 0 Å². The lowest BCUT2D eigenvalue weighted by Gasteiger charge is -2.03. The third-order valence-electron chi connectivity index (χ3n) is 1.74. The standard InChI is InChI=1S/C10H11F2NO3/c1-15-10(14)7-2-3-8(13-4-7)5-16-6-9(11)12/h2-4,9H,5-6H2,1H3. The molecule has 0 saturated heterocycles. The molecule has 1 aromatic rings. The molecule has 0 aliphatic rings. The lowest BCUT2D eigenvalue weighted by molar-refractivity contribution is 0.00883. The number of nitrogens with zero attached hydrogens (tertiary/aromatic N) is 1. The molecule has 0 bridgehead atoms. The molecule has 0 spiro atoms. The summed E-state index contributed by atoms with van der Waals surface area (Å²) in [7, 11) is 1.27. The van der Waals surface area contributed by atoms with Crippen LogP contribution < -0.4 is 0 Å². The minimum Gasteiger partial charge on any atom is -0.465 e. The highest BCUT2D eigenvalue weighted by Crippen LogP contribution is 2.04. The summed E-state index contributed by atoms with van der Waals surface area (Å²) in [6, 6.07) is 3.03. The molecule has 0 fully saturated rings. The van der Waals surface area contributed by atoms with E-state index in [1.807, 2.05) is 0 Å². The van der Waals surface area contributed by atoms with E-state index in [0.29, 0.717) is 11.3 Å². The zero-order chi connectivity index (χ0) is 12.0. The average molecular weight is 231 g/mol. The van der Waals surface area contributed by atoms with E-state index in [0.717, 1.165) is 0 Å². The highest BCUT2D eigenvalue weighted by molar-refractivity contribution is 5.88. The molecule has 1 rings (SSSR count). The summed E-state index contributed by atoms with van der Waals surface area (Å²) in [6.45, 7) is -0.633. The highest BCUT2D eigenvalue weighted by Gasteiger charge is 2.06. The lowest BCUT2D eigenvalue weighted by Crippen LogP contribution is -2.06. The number of alkyl halides is 2. The van der Waals surface area contributed by atoms with Crippen molar-refractivity contribution in [1.82, 2.24) is 4.98 Å².